The number of aromatic nitrogens is 2. The summed E-state index contributed by atoms with van der Waals surface area (Å²) in [5.41, 5.74) is 9.92. The maximum Gasteiger partial charge on any atom is 0.143 e. The quantitative estimate of drug-likeness (QED) is 0.776. The third kappa shape index (κ3) is 1.98. The van der Waals surface area contributed by atoms with Crippen LogP contribution in [0, 0.1) is 12.7 Å². The molecular weight excluding hydrogens is 253 g/mol. The Morgan fingerprint density at radius 3 is 2.70 bits per heavy atom. The molecule has 20 heavy (non-hydrogen) atoms. The number of rotatable bonds is 2. The van der Waals surface area contributed by atoms with Crippen molar-refractivity contribution in [2.75, 3.05) is 0 Å². The zero-order valence-corrected chi connectivity index (χ0v) is 11.5. The summed E-state index contributed by atoms with van der Waals surface area (Å²) in [5.74, 6) is 0.383. The molecule has 0 amide bonds. The molecule has 0 bridgehead atoms. The predicted molar refractivity (Wildman–Crippen MR) is 78.7 cm³/mol. The molecule has 1 aromatic heterocycles. The van der Waals surface area contributed by atoms with Crippen molar-refractivity contribution in [1.29, 1.82) is 0 Å². The van der Waals surface area contributed by atoms with Gasteiger partial charge in [0, 0.05) is 13.6 Å². The second-order valence-corrected chi connectivity index (χ2v) is 5.00. The molecule has 3 nitrogen and oxygen atoms in total. The van der Waals surface area contributed by atoms with Crippen molar-refractivity contribution in [2.24, 2.45) is 12.8 Å². The first kappa shape index (κ1) is 12.8. The van der Waals surface area contributed by atoms with Gasteiger partial charge < -0.3 is 10.3 Å². The fourth-order valence-corrected chi connectivity index (χ4v) is 2.40. The Hall–Kier alpha value is -2.20. The van der Waals surface area contributed by atoms with E-state index in [9.17, 15) is 4.39 Å². The second kappa shape index (κ2) is 4.72. The van der Waals surface area contributed by atoms with E-state index in [0.29, 0.717) is 17.9 Å². The summed E-state index contributed by atoms with van der Waals surface area (Å²) in [6.07, 6.45) is 0. The van der Waals surface area contributed by atoms with Crippen molar-refractivity contribution in [3.63, 3.8) is 0 Å². The lowest BCUT2D eigenvalue weighted by molar-refractivity contribution is 0.628. The molecule has 2 aromatic carbocycles. The Bertz CT molecular complexity index is 790. The lowest BCUT2D eigenvalue weighted by Gasteiger charge is -2.05. The normalized spacial score (nSPS) is 11.2. The van der Waals surface area contributed by atoms with Crippen LogP contribution in [0.2, 0.25) is 0 Å². The summed E-state index contributed by atoms with van der Waals surface area (Å²) in [6.45, 7) is 2.35. The molecule has 0 atom stereocenters. The van der Waals surface area contributed by atoms with Gasteiger partial charge in [-0.05, 0) is 42.3 Å². The molecule has 102 valence electrons. The molecule has 0 aliphatic rings. The van der Waals surface area contributed by atoms with Crippen LogP contribution in [0.3, 0.4) is 0 Å². The van der Waals surface area contributed by atoms with Gasteiger partial charge in [-0.3, -0.25) is 0 Å². The monoisotopic (exact) mass is 269 g/mol. The summed E-state index contributed by atoms with van der Waals surface area (Å²) in [5, 5.41) is 0. The smallest absolute Gasteiger partial charge is 0.143 e. The van der Waals surface area contributed by atoms with Crippen LogP contribution >= 0.6 is 0 Å². The van der Waals surface area contributed by atoms with Crippen molar-refractivity contribution < 1.29 is 4.39 Å². The highest BCUT2D eigenvalue weighted by Crippen LogP contribution is 2.26. The largest absolute Gasteiger partial charge is 0.327 e. The maximum absolute atomic E-state index is 14.1. The zero-order chi connectivity index (χ0) is 14.3. The van der Waals surface area contributed by atoms with Crippen molar-refractivity contribution >= 4 is 11.0 Å². The number of nitrogens with two attached hydrogens (primary N) is 1. The van der Waals surface area contributed by atoms with Crippen molar-refractivity contribution in [2.45, 2.75) is 13.5 Å². The minimum Gasteiger partial charge on any atom is -0.327 e. The molecule has 0 saturated carbocycles. The van der Waals surface area contributed by atoms with Crippen LogP contribution in [-0.4, -0.2) is 9.55 Å². The van der Waals surface area contributed by atoms with Gasteiger partial charge >= 0.3 is 0 Å². The molecule has 0 spiro atoms. The van der Waals surface area contributed by atoms with Crippen LogP contribution in [0.25, 0.3) is 22.4 Å². The Balaban J connectivity index is 2.24. The van der Waals surface area contributed by atoms with E-state index in [-0.39, 0.29) is 5.82 Å². The summed E-state index contributed by atoms with van der Waals surface area (Å²) in [4.78, 5) is 4.53. The lowest BCUT2D eigenvalue weighted by atomic mass is 10.1. The van der Waals surface area contributed by atoms with E-state index in [0.717, 1.165) is 22.2 Å². The maximum atomic E-state index is 14.1. The van der Waals surface area contributed by atoms with Gasteiger partial charge in [-0.1, -0.05) is 12.1 Å². The van der Waals surface area contributed by atoms with E-state index in [2.05, 4.69) is 4.98 Å². The van der Waals surface area contributed by atoms with Gasteiger partial charge in [-0.2, -0.15) is 0 Å². The molecule has 1 heterocycles. The number of fused-ring (bicyclic) bond motifs is 1. The van der Waals surface area contributed by atoms with Crippen LogP contribution < -0.4 is 5.73 Å². The minimum absolute atomic E-state index is 0.248. The first-order chi connectivity index (χ1) is 9.60. The molecule has 2 N–H and O–H groups in total. The molecular formula is C16H16FN3. The highest BCUT2D eigenvalue weighted by molar-refractivity contribution is 5.81. The topological polar surface area (TPSA) is 43.8 Å². The van der Waals surface area contributed by atoms with Crippen molar-refractivity contribution in [1.82, 2.24) is 9.55 Å². The van der Waals surface area contributed by atoms with E-state index < -0.39 is 0 Å². The van der Waals surface area contributed by atoms with Crippen LogP contribution in [0.5, 0.6) is 0 Å². The number of halogens is 1. The van der Waals surface area contributed by atoms with E-state index in [1.807, 2.05) is 42.8 Å². The summed E-state index contributed by atoms with van der Waals surface area (Å²) in [6, 6.07) is 11.1. The number of hydrogen-bond donors (Lipinski definition) is 1. The Morgan fingerprint density at radius 1 is 1.20 bits per heavy atom. The van der Waals surface area contributed by atoms with Crippen LogP contribution in [0.1, 0.15) is 11.1 Å². The summed E-state index contributed by atoms with van der Waals surface area (Å²) < 4.78 is 16.0. The molecule has 0 saturated heterocycles. The average molecular weight is 269 g/mol. The molecule has 0 unspecified atom stereocenters. The molecule has 0 aliphatic carbocycles. The van der Waals surface area contributed by atoms with Crippen molar-refractivity contribution in [3.8, 4) is 11.4 Å². The summed E-state index contributed by atoms with van der Waals surface area (Å²) in [7, 11) is 1.89. The van der Waals surface area contributed by atoms with Crippen molar-refractivity contribution in [3.05, 3.63) is 53.3 Å². The minimum atomic E-state index is -0.248. The number of nitrogens with zero attached hydrogens (tertiary/aromatic N) is 2. The van der Waals surface area contributed by atoms with Crippen LogP contribution in [0.4, 0.5) is 4.39 Å². The molecule has 0 aliphatic heterocycles. The van der Waals surface area contributed by atoms with E-state index in [4.69, 9.17) is 5.73 Å². The number of benzene rings is 2. The van der Waals surface area contributed by atoms with Gasteiger partial charge in [0.2, 0.25) is 0 Å². The number of aryl methyl sites for hydroxylation is 2. The van der Waals surface area contributed by atoms with Crippen LogP contribution in [0.15, 0.2) is 36.4 Å². The summed E-state index contributed by atoms with van der Waals surface area (Å²) >= 11 is 0. The fraction of sp³-hybridized carbons (Fsp3) is 0.188. The Morgan fingerprint density at radius 2 is 2.00 bits per heavy atom. The highest BCUT2D eigenvalue weighted by Gasteiger charge is 2.13. The van der Waals surface area contributed by atoms with Gasteiger partial charge in [0.25, 0.3) is 0 Å². The number of imidazole rings is 1. The zero-order valence-electron chi connectivity index (χ0n) is 11.5. The predicted octanol–water partition coefficient (Wildman–Crippen LogP) is 3.15. The average Bonchev–Trinajstić information content (AvgIpc) is 2.76. The first-order valence-corrected chi connectivity index (χ1v) is 6.52. The molecule has 3 rings (SSSR count). The molecule has 0 radical (unpaired) electrons. The van der Waals surface area contributed by atoms with E-state index >= 15 is 0 Å². The molecule has 3 aromatic rings. The lowest BCUT2D eigenvalue weighted by Crippen LogP contribution is -1.97. The molecule has 4 heteroatoms. The first-order valence-electron chi connectivity index (χ1n) is 6.52. The number of hydrogen-bond acceptors (Lipinski definition) is 2. The van der Waals surface area contributed by atoms with Gasteiger partial charge in [-0.15, -0.1) is 0 Å². The standard InChI is InChI=1S/C16H16FN3/c1-10-3-5-12(13(17)7-10)16-19-14-6-4-11(9-18)8-15(14)20(16)2/h3-8H,9,18H2,1-2H3. The van der Waals surface area contributed by atoms with Gasteiger partial charge in [0.15, 0.2) is 0 Å². The van der Waals surface area contributed by atoms with Crippen LogP contribution in [-0.2, 0) is 13.6 Å². The Kier molecular flexibility index (Phi) is 3.03. The van der Waals surface area contributed by atoms with E-state index in [1.54, 1.807) is 6.07 Å². The van der Waals surface area contributed by atoms with E-state index in [1.165, 1.54) is 6.07 Å². The third-order valence-corrected chi connectivity index (χ3v) is 3.55. The second-order valence-electron chi connectivity index (χ2n) is 5.00. The fourth-order valence-electron chi connectivity index (χ4n) is 2.40. The SMILES string of the molecule is Cc1ccc(-c2nc3ccc(CN)cc3n2C)c(F)c1. The van der Waals surface area contributed by atoms with Gasteiger partial charge in [-0.25, -0.2) is 9.37 Å². The third-order valence-electron chi connectivity index (χ3n) is 3.55. The molecule has 0 fully saturated rings. The van der Waals surface area contributed by atoms with Gasteiger partial charge in [0.05, 0.1) is 16.6 Å². The van der Waals surface area contributed by atoms with Gasteiger partial charge in [0.1, 0.15) is 11.6 Å². The highest BCUT2D eigenvalue weighted by atomic mass is 19.1. The Labute approximate surface area is 116 Å².